The van der Waals surface area contributed by atoms with Crippen molar-refractivity contribution in [2.24, 2.45) is 7.05 Å². The Labute approximate surface area is 124 Å². The number of carbonyl (C=O) groups excluding carboxylic acids is 1. The number of rotatable bonds is 6. The van der Waals surface area contributed by atoms with Gasteiger partial charge in [-0.15, -0.1) is 0 Å². The second-order valence-electron chi connectivity index (χ2n) is 5.46. The Morgan fingerprint density at radius 3 is 2.62 bits per heavy atom. The molecule has 4 nitrogen and oxygen atoms in total. The molecule has 3 rings (SSSR count). The standard InChI is InChI=1S/C17H20N2O2/c1-18-11-5-6-15(18)12-19(14-9-10-14)17(20)13-21-16-7-3-2-4-8-16/h2-8,11,14H,9-10,12-13H2,1H3. The molecule has 1 fully saturated rings. The largest absolute Gasteiger partial charge is 0.484 e. The van der Waals surface area contributed by atoms with E-state index in [0.717, 1.165) is 24.3 Å². The minimum atomic E-state index is 0.0579. The van der Waals surface area contributed by atoms with E-state index < -0.39 is 0 Å². The van der Waals surface area contributed by atoms with E-state index >= 15 is 0 Å². The molecule has 0 bridgehead atoms. The van der Waals surface area contributed by atoms with E-state index in [9.17, 15) is 4.79 Å². The van der Waals surface area contributed by atoms with Crippen molar-refractivity contribution in [2.45, 2.75) is 25.4 Å². The fraction of sp³-hybridized carbons (Fsp3) is 0.353. The lowest BCUT2D eigenvalue weighted by Crippen LogP contribution is -2.36. The summed E-state index contributed by atoms with van der Waals surface area (Å²) in [6.45, 7) is 0.760. The zero-order chi connectivity index (χ0) is 14.7. The van der Waals surface area contributed by atoms with Crippen LogP contribution in [-0.2, 0) is 18.4 Å². The fourth-order valence-electron chi connectivity index (χ4n) is 2.39. The Kier molecular flexibility index (Phi) is 3.95. The van der Waals surface area contributed by atoms with Crippen molar-refractivity contribution in [3.63, 3.8) is 0 Å². The van der Waals surface area contributed by atoms with Crippen LogP contribution in [-0.4, -0.2) is 28.0 Å². The molecule has 2 aromatic rings. The SMILES string of the molecule is Cn1cccc1CN(C(=O)COc1ccccc1)C1CC1. The van der Waals surface area contributed by atoms with Gasteiger partial charge < -0.3 is 14.2 Å². The lowest BCUT2D eigenvalue weighted by molar-refractivity contribution is -0.134. The zero-order valence-electron chi connectivity index (χ0n) is 12.2. The van der Waals surface area contributed by atoms with Crippen LogP contribution in [0.5, 0.6) is 5.75 Å². The Morgan fingerprint density at radius 1 is 1.24 bits per heavy atom. The van der Waals surface area contributed by atoms with Crippen LogP contribution in [0, 0.1) is 0 Å². The maximum absolute atomic E-state index is 12.4. The third kappa shape index (κ3) is 3.45. The third-order valence-electron chi connectivity index (χ3n) is 3.80. The molecule has 1 amide bonds. The van der Waals surface area contributed by atoms with Crippen molar-refractivity contribution in [1.82, 2.24) is 9.47 Å². The number of aromatic nitrogens is 1. The molecule has 0 aliphatic heterocycles. The summed E-state index contributed by atoms with van der Waals surface area (Å²) < 4.78 is 7.63. The molecule has 0 spiro atoms. The first kappa shape index (κ1) is 13.7. The van der Waals surface area contributed by atoms with E-state index in [0.29, 0.717) is 12.6 Å². The van der Waals surface area contributed by atoms with Crippen molar-refractivity contribution in [2.75, 3.05) is 6.61 Å². The zero-order valence-corrected chi connectivity index (χ0v) is 12.2. The predicted molar refractivity (Wildman–Crippen MR) is 80.9 cm³/mol. The molecule has 21 heavy (non-hydrogen) atoms. The maximum Gasteiger partial charge on any atom is 0.261 e. The second-order valence-corrected chi connectivity index (χ2v) is 5.46. The molecule has 0 radical (unpaired) electrons. The van der Waals surface area contributed by atoms with Crippen LogP contribution in [0.25, 0.3) is 0 Å². The monoisotopic (exact) mass is 284 g/mol. The molecular weight excluding hydrogens is 264 g/mol. The normalized spacial score (nSPS) is 14.0. The van der Waals surface area contributed by atoms with Crippen LogP contribution < -0.4 is 4.74 Å². The molecule has 0 saturated heterocycles. The summed E-state index contributed by atoms with van der Waals surface area (Å²) in [4.78, 5) is 14.4. The van der Waals surface area contributed by atoms with Crippen LogP contribution in [0.4, 0.5) is 0 Å². The van der Waals surface area contributed by atoms with Crippen LogP contribution in [0.15, 0.2) is 48.7 Å². The number of ether oxygens (including phenoxy) is 1. The van der Waals surface area contributed by atoms with Gasteiger partial charge in [-0.05, 0) is 37.1 Å². The van der Waals surface area contributed by atoms with Gasteiger partial charge in [0.15, 0.2) is 6.61 Å². The van der Waals surface area contributed by atoms with Gasteiger partial charge in [-0.1, -0.05) is 18.2 Å². The Bertz CT molecular complexity index is 602. The quantitative estimate of drug-likeness (QED) is 0.817. The van der Waals surface area contributed by atoms with E-state index in [1.54, 1.807) is 0 Å². The highest BCUT2D eigenvalue weighted by molar-refractivity contribution is 5.78. The van der Waals surface area contributed by atoms with E-state index in [2.05, 4.69) is 10.6 Å². The first-order chi connectivity index (χ1) is 10.2. The number of hydrogen-bond donors (Lipinski definition) is 0. The van der Waals surface area contributed by atoms with E-state index in [4.69, 9.17) is 4.74 Å². The molecule has 1 aromatic carbocycles. The van der Waals surface area contributed by atoms with Gasteiger partial charge in [-0.25, -0.2) is 0 Å². The molecule has 0 atom stereocenters. The molecule has 4 heteroatoms. The highest BCUT2D eigenvalue weighted by atomic mass is 16.5. The van der Waals surface area contributed by atoms with Gasteiger partial charge in [-0.2, -0.15) is 0 Å². The van der Waals surface area contributed by atoms with Gasteiger partial charge in [0.05, 0.1) is 6.54 Å². The number of para-hydroxylation sites is 1. The van der Waals surface area contributed by atoms with Crippen molar-refractivity contribution >= 4 is 5.91 Å². The van der Waals surface area contributed by atoms with Gasteiger partial charge in [-0.3, -0.25) is 4.79 Å². The van der Waals surface area contributed by atoms with Crippen molar-refractivity contribution in [1.29, 1.82) is 0 Å². The van der Waals surface area contributed by atoms with Gasteiger partial charge >= 0.3 is 0 Å². The summed E-state index contributed by atoms with van der Waals surface area (Å²) in [7, 11) is 2.01. The van der Waals surface area contributed by atoms with Crippen LogP contribution in [0.3, 0.4) is 0 Å². The van der Waals surface area contributed by atoms with Gasteiger partial charge in [0.25, 0.3) is 5.91 Å². The summed E-state index contributed by atoms with van der Waals surface area (Å²) in [5.41, 5.74) is 1.15. The molecule has 1 aliphatic carbocycles. The lowest BCUT2D eigenvalue weighted by Gasteiger charge is -2.23. The lowest BCUT2D eigenvalue weighted by atomic mass is 10.3. The number of hydrogen-bond acceptors (Lipinski definition) is 2. The Hall–Kier alpha value is -2.23. The summed E-state index contributed by atoms with van der Waals surface area (Å²) in [6, 6.07) is 13.9. The summed E-state index contributed by atoms with van der Waals surface area (Å²) in [5, 5.41) is 0. The number of benzene rings is 1. The summed E-state index contributed by atoms with van der Waals surface area (Å²) >= 11 is 0. The fourth-order valence-corrected chi connectivity index (χ4v) is 2.39. The summed E-state index contributed by atoms with van der Waals surface area (Å²) in [5.74, 6) is 0.794. The first-order valence-electron chi connectivity index (χ1n) is 7.31. The maximum atomic E-state index is 12.4. The number of amides is 1. The highest BCUT2D eigenvalue weighted by Crippen LogP contribution is 2.28. The predicted octanol–water partition coefficient (Wildman–Crippen LogP) is 2.60. The molecule has 110 valence electrons. The molecule has 1 saturated carbocycles. The molecule has 1 aliphatic rings. The van der Waals surface area contributed by atoms with Crippen LogP contribution in [0.1, 0.15) is 18.5 Å². The molecular formula is C17H20N2O2. The van der Waals surface area contributed by atoms with E-state index in [-0.39, 0.29) is 12.5 Å². The smallest absolute Gasteiger partial charge is 0.261 e. The van der Waals surface area contributed by atoms with Crippen LogP contribution in [0.2, 0.25) is 0 Å². The topological polar surface area (TPSA) is 34.5 Å². The number of nitrogens with zero attached hydrogens (tertiary/aromatic N) is 2. The van der Waals surface area contributed by atoms with Crippen molar-refractivity contribution < 1.29 is 9.53 Å². The molecule has 1 heterocycles. The Balaban J connectivity index is 1.61. The molecule has 0 unspecified atom stereocenters. The van der Waals surface area contributed by atoms with Crippen LogP contribution >= 0.6 is 0 Å². The number of aryl methyl sites for hydroxylation is 1. The molecule has 0 N–H and O–H groups in total. The third-order valence-corrected chi connectivity index (χ3v) is 3.80. The first-order valence-corrected chi connectivity index (χ1v) is 7.31. The Morgan fingerprint density at radius 2 is 2.00 bits per heavy atom. The van der Waals surface area contributed by atoms with E-state index in [1.165, 1.54) is 0 Å². The average Bonchev–Trinajstić information content (AvgIpc) is 3.27. The van der Waals surface area contributed by atoms with Gasteiger partial charge in [0.1, 0.15) is 5.75 Å². The van der Waals surface area contributed by atoms with E-state index in [1.807, 2.05) is 54.5 Å². The van der Waals surface area contributed by atoms with Crippen molar-refractivity contribution in [3.8, 4) is 5.75 Å². The average molecular weight is 284 g/mol. The molecule has 1 aromatic heterocycles. The minimum absolute atomic E-state index is 0.0579. The highest BCUT2D eigenvalue weighted by Gasteiger charge is 2.33. The van der Waals surface area contributed by atoms with Gasteiger partial charge in [0, 0.05) is 25.0 Å². The summed E-state index contributed by atoms with van der Waals surface area (Å²) in [6.07, 6.45) is 4.20. The van der Waals surface area contributed by atoms with Gasteiger partial charge in [0.2, 0.25) is 0 Å². The second kappa shape index (κ2) is 6.04. The number of carbonyl (C=O) groups is 1. The minimum Gasteiger partial charge on any atom is -0.484 e. The van der Waals surface area contributed by atoms with Crippen molar-refractivity contribution in [3.05, 3.63) is 54.4 Å².